The quantitative estimate of drug-likeness (QED) is 0.935. The highest BCUT2D eigenvalue weighted by atomic mass is 16.1. The van der Waals surface area contributed by atoms with Crippen LogP contribution in [0.25, 0.3) is 0 Å². The fraction of sp³-hybridized carbons (Fsp3) is 0.412. The second kappa shape index (κ2) is 7.17. The summed E-state index contributed by atoms with van der Waals surface area (Å²) in [5.41, 5.74) is 1.14. The van der Waals surface area contributed by atoms with Gasteiger partial charge < -0.3 is 10.2 Å². The molecular formula is C17H21N5O. The van der Waals surface area contributed by atoms with Gasteiger partial charge >= 0.3 is 0 Å². The number of nitrogens with one attached hydrogen (secondary N) is 1. The zero-order valence-corrected chi connectivity index (χ0v) is 13.3. The van der Waals surface area contributed by atoms with Gasteiger partial charge in [0, 0.05) is 19.3 Å². The minimum Gasteiger partial charge on any atom is -0.355 e. The number of carbonyl (C=O) groups excluding carboxylic acids is 1. The minimum atomic E-state index is -0.235. The number of nitrogens with zero attached hydrogens (tertiary/aromatic N) is 4. The highest BCUT2D eigenvalue weighted by Crippen LogP contribution is 2.20. The Hall–Kier alpha value is -2.50. The Morgan fingerprint density at radius 1 is 1.30 bits per heavy atom. The Morgan fingerprint density at radius 2 is 2.22 bits per heavy atom. The first-order valence-corrected chi connectivity index (χ1v) is 7.97. The van der Waals surface area contributed by atoms with Gasteiger partial charge in [0.05, 0.1) is 24.6 Å². The van der Waals surface area contributed by atoms with Gasteiger partial charge in [0.25, 0.3) is 5.91 Å². The molecule has 1 aliphatic heterocycles. The van der Waals surface area contributed by atoms with E-state index in [4.69, 9.17) is 0 Å². The maximum atomic E-state index is 12.1. The monoisotopic (exact) mass is 311 g/mol. The molecule has 6 heteroatoms. The summed E-state index contributed by atoms with van der Waals surface area (Å²) in [4.78, 5) is 27.2. The molecule has 3 rings (SSSR count). The van der Waals surface area contributed by atoms with Crippen molar-refractivity contribution in [3.05, 3.63) is 48.2 Å². The van der Waals surface area contributed by atoms with Crippen molar-refractivity contribution >= 4 is 11.7 Å². The third-order valence-electron chi connectivity index (χ3n) is 4.01. The van der Waals surface area contributed by atoms with E-state index in [9.17, 15) is 4.79 Å². The Morgan fingerprint density at radius 3 is 2.91 bits per heavy atom. The number of pyridine rings is 1. The highest BCUT2D eigenvalue weighted by molar-refractivity contribution is 5.91. The first-order valence-electron chi connectivity index (χ1n) is 7.97. The largest absolute Gasteiger partial charge is 0.355 e. The third kappa shape index (κ3) is 4.03. The van der Waals surface area contributed by atoms with Crippen LogP contribution < -0.4 is 10.2 Å². The van der Waals surface area contributed by atoms with Crippen molar-refractivity contribution in [1.82, 2.24) is 20.3 Å². The maximum absolute atomic E-state index is 12.1. The van der Waals surface area contributed by atoms with E-state index in [2.05, 4.69) is 32.1 Å². The molecule has 2 aromatic rings. The number of rotatable bonds is 4. The van der Waals surface area contributed by atoms with E-state index < -0.39 is 0 Å². The molecule has 0 spiro atoms. The third-order valence-corrected chi connectivity index (χ3v) is 4.01. The second-order valence-corrected chi connectivity index (χ2v) is 5.96. The Kier molecular flexibility index (Phi) is 4.80. The second-order valence-electron chi connectivity index (χ2n) is 5.96. The number of amides is 1. The number of piperidine rings is 1. The average molecular weight is 311 g/mol. The molecule has 0 aromatic carbocycles. The normalized spacial score (nSPS) is 17.8. The molecule has 6 nitrogen and oxygen atoms in total. The average Bonchev–Trinajstić information content (AvgIpc) is 2.61. The Bertz CT molecular complexity index is 644. The molecule has 0 aliphatic carbocycles. The van der Waals surface area contributed by atoms with Gasteiger partial charge in [-0.05, 0) is 30.9 Å². The van der Waals surface area contributed by atoms with Crippen LogP contribution in [0.3, 0.4) is 0 Å². The lowest BCUT2D eigenvalue weighted by Gasteiger charge is -2.31. The van der Waals surface area contributed by atoms with E-state index in [1.165, 1.54) is 12.8 Å². The van der Waals surface area contributed by atoms with Crippen LogP contribution in [0.2, 0.25) is 0 Å². The van der Waals surface area contributed by atoms with Crippen LogP contribution in [0.1, 0.15) is 35.9 Å². The van der Waals surface area contributed by atoms with Crippen molar-refractivity contribution in [2.24, 2.45) is 5.92 Å². The van der Waals surface area contributed by atoms with Gasteiger partial charge in [-0.2, -0.15) is 0 Å². The van der Waals surface area contributed by atoms with E-state index in [1.54, 1.807) is 18.6 Å². The molecule has 1 N–H and O–H groups in total. The molecule has 23 heavy (non-hydrogen) atoms. The number of hydrogen-bond donors (Lipinski definition) is 1. The lowest BCUT2D eigenvalue weighted by Crippen LogP contribution is -2.35. The van der Waals surface area contributed by atoms with Crippen molar-refractivity contribution in [1.29, 1.82) is 0 Å². The summed E-state index contributed by atoms with van der Waals surface area (Å²) in [5, 5.41) is 2.80. The summed E-state index contributed by atoms with van der Waals surface area (Å²) < 4.78 is 0. The van der Waals surface area contributed by atoms with Gasteiger partial charge in [-0.3, -0.25) is 9.78 Å². The van der Waals surface area contributed by atoms with E-state index in [1.807, 2.05) is 18.2 Å². The predicted octanol–water partition coefficient (Wildman–Crippen LogP) is 2.04. The van der Waals surface area contributed by atoms with Crippen LogP contribution in [-0.4, -0.2) is 33.9 Å². The topological polar surface area (TPSA) is 71.0 Å². The lowest BCUT2D eigenvalue weighted by molar-refractivity contribution is 0.0945. The zero-order chi connectivity index (χ0) is 16.1. The Labute approximate surface area is 136 Å². The number of carbonyl (C=O) groups is 1. The first kappa shape index (κ1) is 15.4. The van der Waals surface area contributed by atoms with Crippen LogP contribution in [0.4, 0.5) is 5.82 Å². The van der Waals surface area contributed by atoms with Crippen LogP contribution in [0.5, 0.6) is 0 Å². The van der Waals surface area contributed by atoms with Gasteiger partial charge in [-0.1, -0.05) is 13.0 Å². The molecule has 1 unspecified atom stereocenters. The number of anilines is 1. The zero-order valence-electron chi connectivity index (χ0n) is 13.3. The smallest absolute Gasteiger partial charge is 0.271 e. The fourth-order valence-electron chi connectivity index (χ4n) is 2.76. The van der Waals surface area contributed by atoms with Gasteiger partial charge in [0.2, 0.25) is 0 Å². The van der Waals surface area contributed by atoms with E-state index in [-0.39, 0.29) is 5.91 Å². The summed E-state index contributed by atoms with van der Waals surface area (Å²) in [6.07, 6.45) is 7.37. The highest BCUT2D eigenvalue weighted by Gasteiger charge is 2.18. The fourth-order valence-corrected chi connectivity index (χ4v) is 2.76. The van der Waals surface area contributed by atoms with Crippen LogP contribution in [-0.2, 0) is 6.54 Å². The molecule has 1 saturated heterocycles. The van der Waals surface area contributed by atoms with Crippen LogP contribution in [0.15, 0.2) is 36.8 Å². The van der Waals surface area contributed by atoms with Crippen LogP contribution in [0, 0.1) is 5.92 Å². The molecule has 120 valence electrons. The molecule has 2 aromatic heterocycles. The van der Waals surface area contributed by atoms with Crippen molar-refractivity contribution in [3.8, 4) is 0 Å². The predicted molar refractivity (Wildman–Crippen MR) is 88.1 cm³/mol. The molecule has 1 amide bonds. The van der Waals surface area contributed by atoms with Crippen molar-refractivity contribution < 1.29 is 4.79 Å². The summed E-state index contributed by atoms with van der Waals surface area (Å²) in [6.45, 7) is 4.63. The number of hydrogen-bond acceptors (Lipinski definition) is 5. The molecule has 1 fully saturated rings. The molecule has 0 saturated carbocycles. The molecule has 1 aliphatic rings. The molecule has 3 heterocycles. The van der Waals surface area contributed by atoms with Gasteiger partial charge in [0.15, 0.2) is 0 Å². The van der Waals surface area contributed by atoms with Gasteiger partial charge in [0.1, 0.15) is 11.5 Å². The molecule has 1 atom stereocenters. The summed E-state index contributed by atoms with van der Waals surface area (Å²) in [6, 6.07) is 5.60. The van der Waals surface area contributed by atoms with E-state index >= 15 is 0 Å². The SMILES string of the molecule is CC1CCCN(c2cnc(C(=O)NCc3ccccn3)cn2)C1. The molecule has 0 bridgehead atoms. The van der Waals surface area contributed by atoms with Crippen LogP contribution >= 0.6 is 0 Å². The summed E-state index contributed by atoms with van der Waals surface area (Å²) in [7, 11) is 0. The minimum absolute atomic E-state index is 0.235. The van der Waals surface area contributed by atoms with E-state index in [0.29, 0.717) is 18.2 Å². The molecule has 0 radical (unpaired) electrons. The summed E-state index contributed by atoms with van der Waals surface area (Å²) >= 11 is 0. The van der Waals surface area contributed by atoms with E-state index in [0.717, 1.165) is 24.6 Å². The van der Waals surface area contributed by atoms with Crippen molar-refractivity contribution in [2.75, 3.05) is 18.0 Å². The maximum Gasteiger partial charge on any atom is 0.271 e. The molecular weight excluding hydrogens is 290 g/mol. The van der Waals surface area contributed by atoms with Crippen molar-refractivity contribution in [2.45, 2.75) is 26.3 Å². The number of aromatic nitrogens is 3. The first-order chi connectivity index (χ1) is 11.2. The van der Waals surface area contributed by atoms with Gasteiger partial charge in [-0.25, -0.2) is 9.97 Å². The van der Waals surface area contributed by atoms with Crippen molar-refractivity contribution in [3.63, 3.8) is 0 Å². The summed E-state index contributed by atoms with van der Waals surface area (Å²) in [5.74, 6) is 1.28. The standard InChI is InChI=1S/C17H21N5O/c1-13-5-4-8-22(12-13)16-11-19-15(10-20-16)17(23)21-9-14-6-2-3-7-18-14/h2-3,6-7,10-11,13H,4-5,8-9,12H2,1H3,(H,21,23). The lowest BCUT2D eigenvalue weighted by atomic mass is 10.0. The Balaban J connectivity index is 1.59. The van der Waals surface area contributed by atoms with Gasteiger partial charge in [-0.15, -0.1) is 0 Å².